The average molecular weight is 495 g/mol. The van der Waals surface area contributed by atoms with Crippen molar-refractivity contribution in [3.63, 3.8) is 0 Å². The van der Waals surface area contributed by atoms with Crippen LogP contribution >= 0.6 is 0 Å². The fraction of sp³-hybridized carbons (Fsp3) is 0.292. The highest BCUT2D eigenvalue weighted by atomic mass is 19.1. The fourth-order valence-corrected chi connectivity index (χ4v) is 4.82. The topological polar surface area (TPSA) is 115 Å². The molecule has 0 bridgehead atoms. The van der Waals surface area contributed by atoms with Gasteiger partial charge in [-0.15, -0.1) is 0 Å². The van der Waals surface area contributed by atoms with Crippen LogP contribution in [0.15, 0.2) is 36.9 Å². The zero-order valence-electron chi connectivity index (χ0n) is 20.2. The molecule has 3 aromatic heterocycles. The van der Waals surface area contributed by atoms with E-state index in [4.69, 9.17) is 5.73 Å². The molecular formula is C24H24F2N8O2. The summed E-state index contributed by atoms with van der Waals surface area (Å²) < 4.78 is 34.2. The molecule has 10 nitrogen and oxygen atoms in total. The number of hydrogen-bond donors (Lipinski definition) is 1. The van der Waals surface area contributed by atoms with Crippen molar-refractivity contribution in [2.75, 3.05) is 23.7 Å². The molecule has 0 radical (unpaired) electrons. The van der Waals surface area contributed by atoms with E-state index in [9.17, 15) is 9.59 Å². The standard InChI is InChI=1S/C24H24F2N8O2/c1-13(35)33-8-7-32(23(36)24(33,2)3)21-17(25)6-5-15(19(21)26)18-9-16(14-10-29-31(4)11-14)20-22(27)28-12-30-34(18)20/h5-6,9-12H,7-8H2,1-4H3,(H2,27,28,30). The Bertz CT molecular complexity index is 1540. The lowest BCUT2D eigenvalue weighted by molar-refractivity contribution is -0.145. The quantitative estimate of drug-likeness (QED) is 0.468. The molecule has 1 aliphatic rings. The normalized spacial score (nSPS) is 15.7. The highest BCUT2D eigenvalue weighted by Crippen LogP contribution is 2.39. The van der Waals surface area contributed by atoms with Crippen LogP contribution < -0.4 is 10.6 Å². The third-order valence-electron chi connectivity index (χ3n) is 6.58. The summed E-state index contributed by atoms with van der Waals surface area (Å²) in [5, 5.41) is 8.44. The number of nitrogen functional groups attached to an aromatic ring is 1. The first-order valence-electron chi connectivity index (χ1n) is 11.2. The van der Waals surface area contributed by atoms with E-state index in [0.29, 0.717) is 22.3 Å². The Kier molecular flexibility index (Phi) is 5.27. The van der Waals surface area contributed by atoms with Crippen molar-refractivity contribution in [3.05, 3.63) is 48.6 Å². The summed E-state index contributed by atoms with van der Waals surface area (Å²) in [6.07, 6.45) is 4.65. The average Bonchev–Trinajstić information content (AvgIpc) is 3.41. The molecule has 1 aliphatic heterocycles. The second-order valence-electron chi connectivity index (χ2n) is 9.20. The first kappa shape index (κ1) is 23.4. The van der Waals surface area contributed by atoms with Gasteiger partial charge in [0.05, 0.1) is 11.9 Å². The van der Waals surface area contributed by atoms with Crippen LogP contribution in [0.5, 0.6) is 0 Å². The number of nitrogens with two attached hydrogens (primary N) is 1. The summed E-state index contributed by atoms with van der Waals surface area (Å²) in [5.41, 5.74) is 6.50. The Morgan fingerprint density at radius 1 is 1.14 bits per heavy atom. The Morgan fingerprint density at radius 2 is 1.89 bits per heavy atom. The SMILES string of the molecule is CC(=O)N1CCN(c2c(F)ccc(-c3cc(-c4cnn(C)c4)c4c(N)ncnn34)c2F)C(=O)C1(C)C. The Hall–Kier alpha value is -4.35. The Balaban J connectivity index is 1.69. The lowest BCUT2D eigenvalue weighted by atomic mass is 9.96. The van der Waals surface area contributed by atoms with Crippen molar-refractivity contribution in [1.82, 2.24) is 29.3 Å². The fourth-order valence-electron chi connectivity index (χ4n) is 4.82. The van der Waals surface area contributed by atoms with E-state index in [2.05, 4.69) is 15.2 Å². The lowest BCUT2D eigenvalue weighted by Crippen LogP contribution is -2.64. The predicted molar refractivity (Wildman–Crippen MR) is 129 cm³/mol. The molecule has 0 atom stereocenters. The molecule has 5 rings (SSSR count). The third kappa shape index (κ3) is 3.40. The Labute approximate surface area is 204 Å². The summed E-state index contributed by atoms with van der Waals surface area (Å²) in [6.45, 7) is 4.56. The molecule has 1 aromatic carbocycles. The minimum absolute atomic E-state index is 0.0224. The smallest absolute Gasteiger partial charge is 0.252 e. The van der Waals surface area contributed by atoms with Crippen LogP contribution in [-0.2, 0) is 16.6 Å². The Morgan fingerprint density at radius 3 is 2.56 bits per heavy atom. The second kappa shape index (κ2) is 8.11. The van der Waals surface area contributed by atoms with Crippen LogP contribution in [0.1, 0.15) is 20.8 Å². The molecule has 0 unspecified atom stereocenters. The summed E-state index contributed by atoms with van der Waals surface area (Å²) in [6, 6.07) is 4.08. The molecule has 36 heavy (non-hydrogen) atoms. The summed E-state index contributed by atoms with van der Waals surface area (Å²) in [7, 11) is 1.76. The van der Waals surface area contributed by atoms with Gasteiger partial charge >= 0.3 is 0 Å². The van der Waals surface area contributed by atoms with Crippen molar-refractivity contribution < 1.29 is 18.4 Å². The molecule has 0 spiro atoms. The van der Waals surface area contributed by atoms with Crippen LogP contribution in [0.2, 0.25) is 0 Å². The third-order valence-corrected chi connectivity index (χ3v) is 6.58. The number of piperazine rings is 1. The molecule has 2 N–H and O–H groups in total. The molecule has 1 saturated heterocycles. The lowest BCUT2D eigenvalue weighted by Gasteiger charge is -2.45. The van der Waals surface area contributed by atoms with Crippen molar-refractivity contribution in [1.29, 1.82) is 0 Å². The highest BCUT2D eigenvalue weighted by molar-refractivity contribution is 6.03. The van der Waals surface area contributed by atoms with Gasteiger partial charge in [-0.3, -0.25) is 14.3 Å². The molecule has 2 amide bonds. The zero-order chi connectivity index (χ0) is 25.9. The molecule has 4 aromatic rings. The van der Waals surface area contributed by atoms with Gasteiger partial charge in [-0.1, -0.05) is 0 Å². The number of anilines is 2. The van der Waals surface area contributed by atoms with E-state index < -0.39 is 28.8 Å². The van der Waals surface area contributed by atoms with Gasteiger partial charge in [0.1, 0.15) is 28.9 Å². The highest BCUT2D eigenvalue weighted by Gasteiger charge is 2.45. The van der Waals surface area contributed by atoms with E-state index in [-0.39, 0.29) is 30.4 Å². The van der Waals surface area contributed by atoms with Gasteiger partial charge in [-0.2, -0.15) is 10.2 Å². The van der Waals surface area contributed by atoms with Crippen molar-refractivity contribution in [3.8, 4) is 22.4 Å². The van der Waals surface area contributed by atoms with Crippen LogP contribution in [0.3, 0.4) is 0 Å². The number of amides is 2. The van der Waals surface area contributed by atoms with Gasteiger partial charge in [0.25, 0.3) is 5.91 Å². The maximum Gasteiger partial charge on any atom is 0.252 e. The molecule has 186 valence electrons. The maximum absolute atomic E-state index is 16.1. The van der Waals surface area contributed by atoms with E-state index in [1.54, 1.807) is 44.0 Å². The maximum atomic E-state index is 16.1. The first-order valence-corrected chi connectivity index (χ1v) is 11.2. The van der Waals surface area contributed by atoms with Gasteiger partial charge < -0.3 is 15.5 Å². The monoisotopic (exact) mass is 494 g/mol. The summed E-state index contributed by atoms with van der Waals surface area (Å²) in [4.78, 5) is 31.9. The minimum atomic E-state index is -1.27. The van der Waals surface area contributed by atoms with Crippen molar-refractivity contribution in [2.24, 2.45) is 7.05 Å². The van der Waals surface area contributed by atoms with Crippen LogP contribution in [0.25, 0.3) is 27.9 Å². The van der Waals surface area contributed by atoms with Crippen molar-refractivity contribution >= 4 is 28.8 Å². The second-order valence-corrected chi connectivity index (χ2v) is 9.20. The van der Waals surface area contributed by atoms with Crippen LogP contribution in [-0.4, -0.2) is 59.7 Å². The largest absolute Gasteiger partial charge is 0.382 e. The number of halogens is 2. The van der Waals surface area contributed by atoms with E-state index in [1.165, 1.54) is 28.7 Å². The van der Waals surface area contributed by atoms with Crippen LogP contribution in [0.4, 0.5) is 20.3 Å². The number of aryl methyl sites for hydroxylation is 1. The number of aromatic nitrogens is 5. The van der Waals surface area contributed by atoms with Gasteiger partial charge in [-0.25, -0.2) is 18.3 Å². The zero-order valence-corrected chi connectivity index (χ0v) is 20.2. The molecular weight excluding hydrogens is 470 g/mol. The van der Waals surface area contributed by atoms with Crippen molar-refractivity contribution in [2.45, 2.75) is 26.3 Å². The summed E-state index contributed by atoms with van der Waals surface area (Å²) in [5.74, 6) is -2.51. The molecule has 12 heteroatoms. The molecule has 0 aliphatic carbocycles. The summed E-state index contributed by atoms with van der Waals surface area (Å²) >= 11 is 0. The first-order chi connectivity index (χ1) is 17.0. The number of carbonyl (C=O) groups is 2. The van der Waals surface area contributed by atoms with E-state index >= 15 is 8.78 Å². The number of nitrogens with zero attached hydrogens (tertiary/aromatic N) is 7. The molecule has 1 fully saturated rings. The number of fused-ring (bicyclic) bond motifs is 1. The number of hydrogen-bond acceptors (Lipinski definition) is 6. The number of benzene rings is 1. The van der Waals surface area contributed by atoms with Gasteiger partial charge in [-0.05, 0) is 32.0 Å². The minimum Gasteiger partial charge on any atom is -0.382 e. The van der Waals surface area contributed by atoms with Gasteiger partial charge in [0.15, 0.2) is 11.6 Å². The number of rotatable bonds is 3. The van der Waals surface area contributed by atoms with E-state index in [0.717, 1.165) is 11.0 Å². The van der Waals surface area contributed by atoms with Gasteiger partial charge in [0, 0.05) is 49.9 Å². The molecule has 0 saturated carbocycles. The number of carbonyl (C=O) groups excluding carboxylic acids is 2. The predicted octanol–water partition coefficient (Wildman–Crippen LogP) is 2.63. The molecule has 4 heterocycles. The van der Waals surface area contributed by atoms with Gasteiger partial charge in [0.2, 0.25) is 5.91 Å². The van der Waals surface area contributed by atoms with Crippen LogP contribution in [0, 0.1) is 11.6 Å². The van der Waals surface area contributed by atoms with E-state index in [1.807, 2.05) is 0 Å².